The van der Waals surface area contributed by atoms with Gasteiger partial charge in [-0.25, -0.2) is 0 Å². The summed E-state index contributed by atoms with van der Waals surface area (Å²) in [5, 5.41) is 10.6. The maximum atomic E-state index is 8.60. The minimum Gasteiger partial charge on any atom is -0.360 e. The number of H-pyrrole nitrogens is 1. The highest BCUT2D eigenvalue weighted by molar-refractivity contribution is 6.45. The lowest BCUT2D eigenvalue weighted by molar-refractivity contribution is 1.28. The van der Waals surface area contributed by atoms with Crippen LogP contribution in [0.2, 0.25) is 10.0 Å². The van der Waals surface area contributed by atoms with Gasteiger partial charge in [0.05, 0.1) is 28.1 Å². The van der Waals surface area contributed by atoms with E-state index in [9.17, 15) is 0 Å². The topological polar surface area (TPSA) is 39.6 Å². The zero-order valence-corrected chi connectivity index (χ0v) is 8.65. The van der Waals surface area contributed by atoms with Crippen molar-refractivity contribution in [3.05, 3.63) is 33.9 Å². The van der Waals surface area contributed by atoms with Crippen molar-refractivity contribution in [1.82, 2.24) is 4.98 Å². The summed E-state index contributed by atoms with van der Waals surface area (Å²) in [6, 6.07) is 5.71. The van der Waals surface area contributed by atoms with Gasteiger partial charge in [-0.1, -0.05) is 29.3 Å². The van der Waals surface area contributed by atoms with Crippen molar-refractivity contribution in [2.45, 2.75) is 6.42 Å². The Morgan fingerprint density at radius 1 is 1.36 bits per heavy atom. The van der Waals surface area contributed by atoms with E-state index in [-0.39, 0.29) is 0 Å². The molecule has 1 aromatic carbocycles. The molecule has 0 aliphatic heterocycles. The number of aromatic amines is 1. The Morgan fingerprint density at radius 2 is 2.14 bits per heavy atom. The highest BCUT2D eigenvalue weighted by Crippen LogP contribution is 2.31. The lowest BCUT2D eigenvalue weighted by atomic mass is 10.1. The number of nitriles is 1. The van der Waals surface area contributed by atoms with E-state index in [1.165, 1.54) is 0 Å². The zero-order chi connectivity index (χ0) is 10.1. The van der Waals surface area contributed by atoms with Gasteiger partial charge in [-0.2, -0.15) is 5.26 Å². The molecule has 0 fully saturated rings. The summed E-state index contributed by atoms with van der Waals surface area (Å²) in [6.45, 7) is 0. The Balaban J connectivity index is 2.72. The Labute approximate surface area is 91.1 Å². The van der Waals surface area contributed by atoms with Gasteiger partial charge < -0.3 is 4.98 Å². The predicted molar refractivity (Wildman–Crippen MR) is 57.6 cm³/mol. The van der Waals surface area contributed by atoms with E-state index in [4.69, 9.17) is 28.5 Å². The minimum absolute atomic E-state index is 0.373. The molecule has 0 saturated carbocycles. The second-order valence-electron chi connectivity index (χ2n) is 2.93. The molecule has 0 amide bonds. The number of nitrogens with one attached hydrogen (secondary N) is 1. The van der Waals surface area contributed by atoms with Gasteiger partial charge in [0.2, 0.25) is 0 Å². The average molecular weight is 225 g/mol. The number of rotatable bonds is 1. The largest absolute Gasteiger partial charge is 0.360 e. The smallest absolute Gasteiger partial charge is 0.0833 e. The molecular weight excluding hydrogens is 219 g/mol. The van der Waals surface area contributed by atoms with Crippen LogP contribution in [0.3, 0.4) is 0 Å². The molecule has 0 aliphatic rings. The van der Waals surface area contributed by atoms with E-state index >= 15 is 0 Å². The Kier molecular flexibility index (Phi) is 2.37. The first kappa shape index (κ1) is 9.39. The molecule has 0 radical (unpaired) electrons. The first-order valence-corrected chi connectivity index (χ1v) is 4.80. The van der Waals surface area contributed by atoms with E-state index in [0.717, 1.165) is 16.5 Å². The molecule has 1 aromatic heterocycles. The van der Waals surface area contributed by atoms with Gasteiger partial charge in [0.25, 0.3) is 0 Å². The summed E-state index contributed by atoms with van der Waals surface area (Å²) < 4.78 is 0. The normalized spacial score (nSPS) is 10.4. The molecule has 0 bridgehead atoms. The number of halogens is 2. The van der Waals surface area contributed by atoms with Crippen LogP contribution < -0.4 is 0 Å². The van der Waals surface area contributed by atoms with Crippen LogP contribution in [-0.4, -0.2) is 4.98 Å². The summed E-state index contributed by atoms with van der Waals surface area (Å²) in [7, 11) is 0. The summed E-state index contributed by atoms with van der Waals surface area (Å²) >= 11 is 11.9. The van der Waals surface area contributed by atoms with Crippen LogP contribution in [0.5, 0.6) is 0 Å². The monoisotopic (exact) mass is 224 g/mol. The Morgan fingerprint density at radius 3 is 2.86 bits per heavy atom. The molecule has 1 heterocycles. The van der Waals surface area contributed by atoms with Crippen LogP contribution in [0.25, 0.3) is 10.9 Å². The van der Waals surface area contributed by atoms with Crippen LogP contribution in [-0.2, 0) is 6.42 Å². The van der Waals surface area contributed by atoms with Gasteiger partial charge in [-0.15, -0.1) is 0 Å². The van der Waals surface area contributed by atoms with Crippen LogP contribution in [0.1, 0.15) is 5.56 Å². The van der Waals surface area contributed by atoms with Crippen molar-refractivity contribution in [3.63, 3.8) is 0 Å². The fourth-order valence-corrected chi connectivity index (χ4v) is 1.80. The average Bonchev–Trinajstić information content (AvgIpc) is 2.57. The van der Waals surface area contributed by atoms with Crippen molar-refractivity contribution in [2.75, 3.05) is 0 Å². The number of benzene rings is 1. The highest BCUT2D eigenvalue weighted by atomic mass is 35.5. The van der Waals surface area contributed by atoms with Crippen LogP contribution in [0, 0.1) is 11.3 Å². The second-order valence-corrected chi connectivity index (χ2v) is 3.72. The van der Waals surface area contributed by atoms with E-state index < -0.39 is 0 Å². The quantitative estimate of drug-likeness (QED) is 0.791. The van der Waals surface area contributed by atoms with E-state index in [0.29, 0.717) is 16.5 Å². The third-order valence-corrected chi connectivity index (χ3v) is 2.91. The molecule has 0 atom stereocenters. The summed E-state index contributed by atoms with van der Waals surface area (Å²) in [5.74, 6) is 0. The third-order valence-electron chi connectivity index (χ3n) is 2.10. The van der Waals surface area contributed by atoms with Gasteiger partial charge in [0.15, 0.2) is 0 Å². The molecule has 1 N–H and O–H groups in total. The summed E-state index contributed by atoms with van der Waals surface area (Å²) in [6.07, 6.45) is 2.16. The molecule has 14 heavy (non-hydrogen) atoms. The SMILES string of the molecule is N#CCc1c[nH]c2c(Cl)c(Cl)ccc12. The Bertz CT molecular complexity index is 523. The maximum absolute atomic E-state index is 8.60. The zero-order valence-electron chi connectivity index (χ0n) is 7.14. The molecule has 2 rings (SSSR count). The Hall–Kier alpha value is -1.17. The number of hydrogen-bond donors (Lipinski definition) is 1. The van der Waals surface area contributed by atoms with Crippen LogP contribution >= 0.6 is 23.2 Å². The first-order chi connectivity index (χ1) is 6.74. The molecule has 70 valence electrons. The van der Waals surface area contributed by atoms with Crippen molar-refractivity contribution in [1.29, 1.82) is 5.26 Å². The van der Waals surface area contributed by atoms with Gasteiger partial charge in [0.1, 0.15) is 0 Å². The van der Waals surface area contributed by atoms with Crippen LogP contribution in [0.15, 0.2) is 18.3 Å². The molecule has 4 heteroatoms. The molecule has 0 spiro atoms. The van der Waals surface area contributed by atoms with E-state index in [2.05, 4.69) is 11.1 Å². The van der Waals surface area contributed by atoms with Crippen molar-refractivity contribution < 1.29 is 0 Å². The molecule has 2 nitrogen and oxygen atoms in total. The summed E-state index contributed by atoms with van der Waals surface area (Å²) in [4.78, 5) is 3.01. The fourth-order valence-electron chi connectivity index (χ4n) is 1.43. The maximum Gasteiger partial charge on any atom is 0.0833 e. The van der Waals surface area contributed by atoms with Gasteiger partial charge in [0, 0.05) is 11.6 Å². The fraction of sp³-hybridized carbons (Fsp3) is 0.100. The van der Waals surface area contributed by atoms with Crippen LogP contribution in [0.4, 0.5) is 0 Å². The molecule has 0 unspecified atom stereocenters. The van der Waals surface area contributed by atoms with Gasteiger partial charge >= 0.3 is 0 Å². The first-order valence-electron chi connectivity index (χ1n) is 4.05. The van der Waals surface area contributed by atoms with Crippen molar-refractivity contribution >= 4 is 34.1 Å². The van der Waals surface area contributed by atoms with Crippen molar-refractivity contribution in [2.24, 2.45) is 0 Å². The van der Waals surface area contributed by atoms with Gasteiger partial charge in [-0.05, 0) is 11.6 Å². The highest BCUT2D eigenvalue weighted by Gasteiger charge is 2.08. The lowest BCUT2D eigenvalue weighted by Gasteiger charge is -1.97. The molecule has 0 saturated heterocycles. The van der Waals surface area contributed by atoms with E-state index in [1.54, 1.807) is 12.3 Å². The standard InChI is InChI=1S/C10H6Cl2N2/c11-8-2-1-7-6(3-4-13)5-14-10(7)9(8)12/h1-2,5,14H,3H2. The predicted octanol–water partition coefficient (Wildman–Crippen LogP) is 3.54. The number of hydrogen-bond acceptors (Lipinski definition) is 1. The number of nitrogens with zero attached hydrogens (tertiary/aromatic N) is 1. The molecule has 0 aliphatic carbocycles. The molecule has 2 aromatic rings. The van der Waals surface area contributed by atoms with Gasteiger partial charge in [-0.3, -0.25) is 0 Å². The molecular formula is C10H6Cl2N2. The number of fused-ring (bicyclic) bond motifs is 1. The summed E-state index contributed by atoms with van der Waals surface area (Å²) in [5.41, 5.74) is 1.74. The third kappa shape index (κ3) is 1.35. The lowest BCUT2D eigenvalue weighted by Crippen LogP contribution is -1.77. The minimum atomic E-state index is 0.373. The van der Waals surface area contributed by atoms with E-state index in [1.807, 2.05) is 6.07 Å². The number of aromatic nitrogens is 1. The second kappa shape index (κ2) is 3.53. The van der Waals surface area contributed by atoms with Crippen molar-refractivity contribution in [3.8, 4) is 6.07 Å².